The molecule has 2 aliphatic heterocycles. The molecule has 2 aromatic rings. The van der Waals surface area contributed by atoms with Gasteiger partial charge in [-0.1, -0.05) is 23.8 Å². The molecular weight excluding hydrogens is 544 g/mol. The Hall–Kier alpha value is -2.22. The van der Waals surface area contributed by atoms with E-state index in [0.717, 1.165) is 49.2 Å². The first-order chi connectivity index (χ1) is 18.6. The van der Waals surface area contributed by atoms with Crippen LogP contribution in [0.25, 0.3) is 0 Å². The lowest BCUT2D eigenvalue weighted by molar-refractivity contribution is -0.00215. The van der Waals surface area contributed by atoms with Gasteiger partial charge in [-0.2, -0.15) is 12.7 Å². The summed E-state index contributed by atoms with van der Waals surface area (Å²) in [5.41, 5.74) is 2.89. The number of rotatable bonds is 12. The van der Waals surface area contributed by atoms with E-state index in [1.54, 1.807) is 31.4 Å². The number of piperidine rings is 1. The molecule has 0 aliphatic carbocycles. The average Bonchev–Trinajstić information content (AvgIpc) is 2.92. The topological polar surface area (TPSA) is 112 Å². The minimum atomic E-state index is -3.96. The van der Waals surface area contributed by atoms with Crippen molar-refractivity contribution in [2.45, 2.75) is 49.8 Å². The summed E-state index contributed by atoms with van der Waals surface area (Å²) in [6.45, 7) is 5.19. The van der Waals surface area contributed by atoms with Crippen molar-refractivity contribution >= 4 is 25.8 Å². The van der Waals surface area contributed by atoms with Crippen LogP contribution >= 0.6 is 0 Å². The Bertz CT molecular complexity index is 1320. The number of nitrogens with zero attached hydrogens (tertiary/aromatic N) is 2. The van der Waals surface area contributed by atoms with Crippen LogP contribution < -0.4 is 9.64 Å². The highest BCUT2D eigenvalue weighted by atomic mass is 32.2. The molecular formula is C27H38N2O8S2. The second-order valence-electron chi connectivity index (χ2n) is 9.93. The summed E-state index contributed by atoms with van der Waals surface area (Å²) < 4.78 is 74.8. The second-order valence-corrected chi connectivity index (χ2v) is 13.6. The smallest absolute Gasteiger partial charge is 0.268 e. The van der Waals surface area contributed by atoms with Crippen molar-refractivity contribution in [1.29, 1.82) is 0 Å². The summed E-state index contributed by atoms with van der Waals surface area (Å²) in [6.07, 6.45) is 1.38. The number of methoxy groups -OCH3 is 1. The summed E-state index contributed by atoms with van der Waals surface area (Å²) in [4.78, 5) is 2.40. The Labute approximate surface area is 232 Å². The van der Waals surface area contributed by atoms with Crippen LogP contribution in [0, 0.1) is 6.92 Å². The standard InChI is InChI=1S/C27H38N2O8S2/c1-21-5-10-25(11-6-21)39(32,33)29-18-24(9-8-23(29)20-38(30,31)35-3)37-19-22-7-12-27-26(17-22)28(14-16-36-27)13-4-15-34-2/h5-7,10-12,17,23-24H,4,8-9,13-16,18-20H2,1-3H3/t23-,24+/m0/s1. The molecule has 0 N–H and O–H groups in total. The first kappa shape index (κ1) is 29.8. The number of fused-ring (bicyclic) bond motifs is 1. The van der Waals surface area contributed by atoms with Gasteiger partial charge < -0.3 is 19.1 Å². The average molecular weight is 583 g/mol. The molecule has 39 heavy (non-hydrogen) atoms. The molecule has 0 saturated carbocycles. The highest BCUT2D eigenvalue weighted by molar-refractivity contribution is 7.89. The third kappa shape index (κ3) is 7.50. The molecule has 0 bridgehead atoms. The SMILES string of the molecule is COCCCN1CCOc2ccc(CO[C@@H]3CC[C@@H](CS(=O)(=O)OC)N(S(=O)(=O)c4ccc(C)cc4)C3)cc21. The number of ether oxygens (including phenoxy) is 3. The quantitative estimate of drug-likeness (QED) is 0.275. The van der Waals surface area contributed by atoms with Crippen LogP contribution in [0.5, 0.6) is 5.75 Å². The minimum absolute atomic E-state index is 0.0529. The van der Waals surface area contributed by atoms with Crippen LogP contribution in [0.1, 0.15) is 30.4 Å². The van der Waals surface area contributed by atoms with Gasteiger partial charge in [0.25, 0.3) is 10.1 Å². The van der Waals surface area contributed by atoms with Crippen molar-refractivity contribution in [3.05, 3.63) is 53.6 Å². The van der Waals surface area contributed by atoms with Gasteiger partial charge in [-0.15, -0.1) is 0 Å². The molecule has 2 atom stereocenters. The maximum atomic E-state index is 13.6. The molecule has 2 aliphatic rings. The van der Waals surface area contributed by atoms with Crippen LogP contribution in [0.2, 0.25) is 0 Å². The molecule has 0 aromatic heterocycles. The fourth-order valence-corrected chi connectivity index (χ4v) is 7.70. The molecule has 0 amide bonds. The zero-order valence-corrected chi connectivity index (χ0v) is 24.4. The fraction of sp³-hybridized carbons (Fsp3) is 0.556. The molecule has 4 rings (SSSR count). The lowest BCUT2D eigenvalue weighted by atomic mass is 10.0. The van der Waals surface area contributed by atoms with Crippen LogP contribution in [-0.4, -0.2) is 86.1 Å². The number of sulfonamides is 1. The van der Waals surface area contributed by atoms with E-state index < -0.39 is 38.0 Å². The minimum Gasteiger partial charge on any atom is -0.490 e. The summed E-state index contributed by atoms with van der Waals surface area (Å²) in [7, 11) is -5.04. The van der Waals surface area contributed by atoms with Gasteiger partial charge >= 0.3 is 0 Å². The van der Waals surface area contributed by atoms with E-state index in [1.165, 1.54) is 4.31 Å². The second kappa shape index (κ2) is 13.0. The molecule has 1 saturated heterocycles. The van der Waals surface area contributed by atoms with Gasteiger partial charge in [-0.3, -0.25) is 4.18 Å². The predicted octanol–water partition coefficient (Wildman–Crippen LogP) is 2.95. The number of aryl methyl sites for hydroxylation is 1. The lowest BCUT2D eigenvalue weighted by Gasteiger charge is -2.38. The molecule has 12 heteroatoms. The summed E-state index contributed by atoms with van der Waals surface area (Å²) in [6, 6.07) is 11.7. The van der Waals surface area contributed by atoms with E-state index in [1.807, 2.05) is 19.1 Å². The molecule has 10 nitrogen and oxygen atoms in total. The zero-order valence-electron chi connectivity index (χ0n) is 22.7. The largest absolute Gasteiger partial charge is 0.490 e. The Morgan fingerprint density at radius 2 is 1.79 bits per heavy atom. The van der Waals surface area contributed by atoms with Gasteiger partial charge in [0.1, 0.15) is 12.4 Å². The van der Waals surface area contributed by atoms with E-state index >= 15 is 0 Å². The van der Waals surface area contributed by atoms with Crippen molar-refractivity contribution in [2.24, 2.45) is 0 Å². The van der Waals surface area contributed by atoms with Crippen molar-refractivity contribution in [2.75, 3.05) is 57.7 Å². The van der Waals surface area contributed by atoms with E-state index in [-0.39, 0.29) is 11.4 Å². The van der Waals surface area contributed by atoms with Gasteiger partial charge in [0.05, 0.1) is 42.7 Å². The van der Waals surface area contributed by atoms with Gasteiger partial charge in [-0.25, -0.2) is 8.42 Å². The van der Waals surface area contributed by atoms with Gasteiger partial charge in [-0.05, 0) is 56.0 Å². The monoisotopic (exact) mass is 582 g/mol. The summed E-state index contributed by atoms with van der Waals surface area (Å²) >= 11 is 0. The Kier molecular flexibility index (Phi) is 9.89. The number of hydrogen-bond acceptors (Lipinski definition) is 9. The molecule has 216 valence electrons. The lowest BCUT2D eigenvalue weighted by Crippen LogP contribution is -2.51. The molecule has 2 aromatic carbocycles. The predicted molar refractivity (Wildman–Crippen MR) is 148 cm³/mol. The zero-order chi connectivity index (χ0) is 28.0. The normalized spacial score (nSPS) is 20.4. The first-order valence-corrected chi connectivity index (χ1v) is 16.1. The Morgan fingerprint density at radius 1 is 1.03 bits per heavy atom. The molecule has 0 radical (unpaired) electrons. The Balaban J connectivity index is 1.49. The van der Waals surface area contributed by atoms with Crippen LogP contribution in [-0.2, 0) is 40.4 Å². The molecule has 1 fully saturated rings. The van der Waals surface area contributed by atoms with E-state index in [2.05, 4.69) is 15.1 Å². The van der Waals surface area contributed by atoms with E-state index in [0.29, 0.717) is 32.7 Å². The Morgan fingerprint density at radius 3 is 2.51 bits per heavy atom. The highest BCUT2D eigenvalue weighted by Crippen LogP contribution is 2.34. The van der Waals surface area contributed by atoms with Crippen LogP contribution in [0.3, 0.4) is 0 Å². The highest BCUT2D eigenvalue weighted by Gasteiger charge is 2.39. The summed E-state index contributed by atoms with van der Waals surface area (Å²) in [5.74, 6) is 0.419. The third-order valence-corrected chi connectivity index (χ3v) is 10.4. The fourth-order valence-electron chi connectivity index (χ4n) is 4.96. The number of hydrogen-bond donors (Lipinski definition) is 0. The van der Waals surface area contributed by atoms with E-state index in [4.69, 9.17) is 14.2 Å². The maximum absolute atomic E-state index is 13.6. The first-order valence-electron chi connectivity index (χ1n) is 13.1. The van der Waals surface area contributed by atoms with Crippen molar-refractivity contribution in [3.8, 4) is 5.75 Å². The van der Waals surface area contributed by atoms with Crippen LogP contribution in [0.4, 0.5) is 5.69 Å². The van der Waals surface area contributed by atoms with Crippen molar-refractivity contribution in [3.63, 3.8) is 0 Å². The summed E-state index contributed by atoms with van der Waals surface area (Å²) in [5, 5.41) is 0. The van der Waals surface area contributed by atoms with E-state index in [9.17, 15) is 16.8 Å². The third-order valence-electron chi connectivity index (χ3n) is 7.14. The molecule has 2 heterocycles. The van der Waals surface area contributed by atoms with Crippen molar-refractivity contribution in [1.82, 2.24) is 4.31 Å². The molecule has 0 spiro atoms. The molecule has 0 unspecified atom stereocenters. The maximum Gasteiger partial charge on any atom is 0.268 e. The van der Waals surface area contributed by atoms with Gasteiger partial charge in [0.15, 0.2) is 0 Å². The number of benzene rings is 2. The van der Waals surface area contributed by atoms with Gasteiger partial charge in [0.2, 0.25) is 10.0 Å². The number of anilines is 1. The van der Waals surface area contributed by atoms with Crippen molar-refractivity contribution < 1.29 is 35.2 Å². The van der Waals surface area contributed by atoms with Gasteiger partial charge in [0, 0.05) is 32.8 Å². The van der Waals surface area contributed by atoms with Crippen LogP contribution in [0.15, 0.2) is 47.4 Å².